The zero-order valence-corrected chi connectivity index (χ0v) is 14.6. The molecule has 0 aromatic carbocycles. The third-order valence-corrected chi connectivity index (χ3v) is 3.86. The zero-order chi connectivity index (χ0) is 16.8. The summed E-state index contributed by atoms with van der Waals surface area (Å²) in [5, 5.41) is 0.484. The molecule has 0 aliphatic heterocycles. The third-order valence-electron chi connectivity index (χ3n) is 3.34. The number of halogens is 1. The molecule has 0 aromatic rings. The van der Waals surface area contributed by atoms with Gasteiger partial charge in [-0.1, -0.05) is 30.0 Å². The molecule has 0 saturated carbocycles. The zero-order valence-electron chi connectivity index (χ0n) is 13.8. The number of aliphatic imine (C=N–C) groups is 1. The molecule has 23 heavy (non-hydrogen) atoms. The van der Waals surface area contributed by atoms with Crippen LogP contribution in [-0.4, -0.2) is 11.5 Å². The van der Waals surface area contributed by atoms with E-state index in [-0.39, 0.29) is 5.83 Å². The third kappa shape index (κ3) is 4.98. The highest BCUT2D eigenvalue weighted by Crippen LogP contribution is 2.22. The van der Waals surface area contributed by atoms with Crippen molar-refractivity contribution < 1.29 is 9.13 Å². The van der Waals surface area contributed by atoms with Crippen molar-refractivity contribution in [2.45, 2.75) is 27.2 Å². The Morgan fingerprint density at radius 1 is 1.22 bits per heavy atom. The highest BCUT2D eigenvalue weighted by molar-refractivity contribution is 8.12. The Morgan fingerprint density at radius 2 is 2.00 bits per heavy atom. The normalized spacial score (nSPS) is 18.7. The molecule has 2 aliphatic rings. The Bertz CT molecular complexity index is 741. The first-order valence-corrected chi connectivity index (χ1v) is 8.57. The van der Waals surface area contributed by atoms with E-state index in [1.807, 2.05) is 44.4 Å². The fourth-order valence-corrected chi connectivity index (χ4v) is 2.46. The SMILES string of the molecule is CS/C(=N\C1=C(C)C=C(C)C=C=C1)OC1=CC(F)=C(C)C=CC1. The summed E-state index contributed by atoms with van der Waals surface area (Å²) in [5.74, 6) is 0.266. The topological polar surface area (TPSA) is 21.6 Å². The second-order valence-corrected chi connectivity index (χ2v) is 6.10. The smallest absolute Gasteiger partial charge is 0.255 e. The lowest BCUT2D eigenvalue weighted by Crippen LogP contribution is -2.01. The van der Waals surface area contributed by atoms with Crippen LogP contribution < -0.4 is 0 Å². The molecule has 2 rings (SSSR count). The molecule has 0 radical (unpaired) electrons. The summed E-state index contributed by atoms with van der Waals surface area (Å²) in [7, 11) is 0. The number of allylic oxidation sites excluding steroid dienone is 9. The highest BCUT2D eigenvalue weighted by atomic mass is 32.2. The van der Waals surface area contributed by atoms with Gasteiger partial charge in [0.2, 0.25) is 0 Å². The molecule has 0 unspecified atom stereocenters. The molecular formula is C19H20FNOS. The predicted molar refractivity (Wildman–Crippen MR) is 96.8 cm³/mol. The standard InChI is InChI=1S/C19H20FNOS/c1-13-7-5-10-18(15(3)11-13)21-19(23-4)22-16-9-6-8-14(2)17(20)12-16/h6-8,10-12H,9H2,1-4H3/b21-19-. The highest BCUT2D eigenvalue weighted by Gasteiger charge is 2.10. The summed E-state index contributed by atoms with van der Waals surface area (Å²) in [6.45, 7) is 5.75. The van der Waals surface area contributed by atoms with Crippen molar-refractivity contribution in [3.63, 3.8) is 0 Å². The molecule has 0 N–H and O–H groups in total. The first-order valence-electron chi connectivity index (χ1n) is 7.35. The summed E-state index contributed by atoms with van der Waals surface area (Å²) >= 11 is 1.39. The van der Waals surface area contributed by atoms with Gasteiger partial charge >= 0.3 is 0 Å². The molecule has 2 nitrogen and oxygen atoms in total. The van der Waals surface area contributed by atoms with Gasteiger partial charge in [-0.2, -0.15) is 0 Å². The molecule has 0 atom stereocenters. The van der Waals surface area contributed by atoms with E-state index in [2.05, 4.69) is 10.7 Å². The van der Waals surface area contributed by atoms with E-state index < -0.39 is 0 Å². The molecule has 0 bridgehead atoms. The number of hydrogen-bond donors (Lipinski definition) is 0. The van der Waals surface area contributed by atoms with Crippen LogP contribution in [-0.2, 0) is 4.74 Å². The summed E-state index contributed by atoms with van der Waals surface area (Å²) in [6.07, 6.45) is 13.3. The van der Waals surface area contributed by atoms with Crippen LogP contribution in [0.2, 0.25) is 0 Å². The Hall–Kier alpha value is -2.03. The fraction of sp³-hybridized carbons (Fsp3) is 0.263. The van der Waals surface area contributed by atoms with E-state index in [9.17, 15) is 4.39 Å². The molecule has 0 heterocycles. The molecule has 2 aliphatic carbocycles. The van der Waals surface area contributed by atoms with Gasteiger partial charge in [-0.15, -0.1) is 5.73 Å². The van der Waals surface area contributed by atoms with Gasteiger partial charge in [-0.05, 0) is 49.8 Å². The van der Waals surface area contributed by atoms with Crippen molar-refractivity contribution in [3.8, 4) is 0 Å². The van der Waals surface area contributed by atoms with Crippen molar-refractivity contribution in [1.82, 2.24) is 0 Å². The average Bonchev–Trinajstić information content (AvgIpc) is 2.76. The van der Waals surface area contributed by atoms with E-state index >= 15 is 0 Å². The van der Waals surface area contributed by atoms with Crippen molar-refractivity contribution in [3.05, 3.63) is 76.2 Å². The Morgan fingerprint density at radius 3 is 2.74 bits per heavy atom. The second kappa shape index (κ2) is 8.00. The maximum atomic E-state index is 13.8. The van der Waals surface area contributed by atoms with Crippen LogP contribution in [0.25, 0.3) is 0 Å². The average molecular weight is 329 g/mol. The fourth-order valence-electron chi connectivity index (χ4n) is 2.08. The number of nitrogens with zero attached hydrogens (tertiary/aromatic N) is 1. The van der Waals surface area contributed by atoms with E-state index in [4.69, 9.17) is 4.74 Å². The Balaban J connectivity index is 2.27. The van der Waals surface area contributed by atoms with Gasteiger partial charge in [-0.3, -0.25) is 0 Å². The minimum Gasteiger partial charge on any atom is -0.438 e. The van der Waals surface area contributed by atoms with Crippen molar-refractivity contribution in [2.24, 2.45) is 4.99 Å². The van der Waals surface area contributed by atoms with Crippen molar-refractivity contribution >= 4 is 17.0 Å². The molecule has 0 spiro atoms. The largest absolute Gasteiger partial charge is 0.438 e. The first kappa shape index (κ1) is 17.3. The van der Waals surface area contributed by atoms with Gasteiger partial charge in [-0.25, -0.2) is 9.38 Å². The molecule has 0 amide bonds. The molecule has 0 saturated heterocycles. The minimum atomic E-state index is -0.277. The predicted octanol–water partition coefficient (Wildman–Crippen LogP) is 5.75. The summed E-state index contributed by atoms with van der Waals surface area (Å²) < 4.78 is 19.6. The summed E-state index contributed by atoms with van der Waals surface area (Å²) in [6, 6.07) is 0. The quantitative estimate of drug-likeness (QED) is 0.365. The van der Waals surface area contributed by atoms with Gasteiger partial charge in [0.1, 0.15) is 11.6 Å². The van der Waals surface area contributed by atoms with Crippen LogP contribution in [0.15, 0.2) is 81.2 Å². The maximum Gasteiger partial charge on any atom is 0.255 e. The lowest BCUT2D eigenvalue weighted by atomic mass is 10.2. The first-order chi connectivity index (χ1) is 11.0. The van der Waals surface area contributed by atoms with Gasteiger partial charge in [0.05, 0.1) is 5.70 Å². The van der Waals surface area contributed by atoms with Gasteiger partial charge < -0.3 is 4.74 Å². The number of ether oxygens (including phenoxy) is 1. The monoisotopic (exact) mass is 329 g/mol. The van der Waals surface area contributed by atoms with Crippen LogP contribution in [0, 0.1) is 0 Å². The molecule has 4 heteroatoms. The Kier molecular flexibility index (Phi) is 6.03. The van der Waals surface area contributed by atoms with Gasteiger partial charge in [0.15, 0.2) is 0 Å². The molecular weight excluding hydrogens is 309 g/mol. The summed E-state index contributed by atoms with van der Waals surface area (Å²) in [5.41, 5.74) is 6.64. The van der Waals surface area contributed by atoms with E-state index in [0.29, 0.717) is 23.0 Å². The second-order valence-electron chi connectivity index (χ2n) is 5.34. The van der Waals surface area contributed by atoms with Crippen molar-refractivity contribution in [1.29, 1.82) is 0 Å². The van der Waals surface area contributed by atoms with Crippen LogP contribution in [0.3, 0.4) is 0 Å². The van der Waals surface area contributed by atoms with Crippen LogP contribution in [0.4, 0.5) is 4.39 Å². The van der Waals surface area contributed by atoms with E-state index in [1.54, 1.807) is 13.0 Å². The Labute approximate surface area is 141 Å². The van der Waals surface area contributed by atoms with Gasteiger partial charge in [0.25, 0.3) is 5.23 Å². The van der Waals surface area contributed by atoms with E-state index in [1.165, 1.54) is 17.8 Å². The number of rotatable bonds is 2. The molecule has 120 valence electrons. The minimum absolute atomic E-state index is 0.277. The lowest BCUT2D eigenvalue weighted by molar-refractivity contribution is 0.414. The van der Waals surface area contributed by atoms with Crippen LogP contribution in [0.1, 0.15) is 27.2 Å². The van der Waals surface area contributed by atoms with Crippen molar-refractivity contribution in [2.75, 3.05) is 6.26 Å². The molecule has 0 fully saturated rings. The van der Waals surface area contributed by atoms with Gasteiger partial charge in [0, 0.05) is 18.6 Å². The lowest BCUT2D eigenvalue weighted by Gasteiger charge is -2.09. The number of hydrogen-bond acceptors (Lipinski definition) is 3. The molecule has 0 aromatic heterocycles. The number of thioether (sulfide) groups is 1. The van der Waals surface area contributed by atoms with Crippen LogP contribution in [0.5, 0.6) is 0 Å². The van der Waals surface area contributed by atoms with E-state index in [0.717, 1.165) is 16.8 Å². The van der Waals surface area contributed by atoms with Crippen LogP contribution >= 0.6 is 11.8 Å². The summed E-state index contributed by atoms with van der Waals surface area (Å²) in [4.78, 5) is 4.55. The maximum absolute atomic E-state index is 13.8.